The van der Waals surface area contributed by atoms with E-state index < -0.39 is 17.4 Å². The van der Waals surface area contributed by atoms with Crippen LogP contribution in [0.15, 0.2) is 89.7 Å². The maximum Gasteiger partial charge on any atom is 0.265 e. The van der Waals surface area contributed by atoms with Crippen molar-refractivity contribution in [2.45, 2.75) is 12.5 Å². The fourth-order valence-corrected chi connectivity index (χ4v) is 4.72. The number of phenolic OH excluding ortho intramolecular Hbond substituents is 1. The number of aromatic hydroxyl groups is 2. The fraction of sp³-hybridized carbons (Fsp3) is 0.103. The van der Waals surface area contributed by atoms with Crippen molar-refractivity contribution < 1.29 is 15.0 Å². The Morgan fingerprint density at radius 2 is 1.64 bits per heavy atom. The van der Waals surface area contributed by atoms with Gasteiger partial charge in [-0.1, -0.05) is 54.6 Å². The van der Waals surface area contributed by atoms with Gasteiger partial charge in [-0.2, -0.15) is 0 Å². The van der Waals surface area contributed by atoms with Crippen LogP contribution in [0.1, 0.15) is 28.4 Å². The number of Topliss-reactive ketones (excluding diaryl/α,β-unsaturated/α-hetero) is 1. The Hall–Kier alpha value is -4.78. The molecule has 7 heteroatoms. The van der Waals surface area contributed by atoms with Gasteiger partial charge < -0.3 is 25.8 Å². The predicted molar refractivity (Wildman–Crippen MR) is 143 cm³/mol. The van der Waals surface area contributed by atoms with Gasteiger partial charge >= 0.3 is 0 Å². The Morgan fingerprint density at radius 1 is 0.944 bits per heavy atom. The molecule has 4 aromatic carbocycles. The largest absolute Gasteiger partial charge is 0.508 e. The van der Waals surface area contributed by atoms with Crippen LogP contribution in [0.3, 0.4) is 0 Å². The van der Waals surface area contributed by atoms with Crippen molar-refractivity contribution in [1.82, 2.24) is 4.57 Å². The van der Waals surface area contributed by atoms with Gasteiger partial charge in [0.25, 0.3) is 5.56 Å². The average Bonchev–Trinajstić information content (AvgIpc) is 2.87. The lowest BCUT2D eigenvalue weighted by Crippen LogP contribution is -2.27. The van der Waals surface area contributed by atoms with Crippen LogP contribution in [0.2, 0.25) is 0 Å². The van der Waals surface area contributed by atoms with Crippen molar-refractivity contribution in [3.8, 4) is 11.5 Å². The summed E-state index contributed by atoms with van der Waals surface area (Å²) < 4.78 is 1.36. The molecular formula is C29H25N3O4. The average molecular weight is 480 g/mol. The quantitative estimate of drug-likeness (QED) is 0.199. The zero-order valence-electron chi connectivity index (χ0n) is 19.6. The number of nitrogens with zero attached hydrogens (tertiary/aromatic N) is 1. The summed E-state index contributed by atoms with van der Waals surface area (Å²) in [5.74, 6) is -0.886. The highest BCUT2D eigenvalue weighted by Gasteiger charge is 2.26. The first kappa shape index (κ1) is 23.0. The van der Waals surface area contributed by atoms with Gasteiger partial charge in [-0.3, -0.25) is 9.59 Å². The normalized spacial score (nSPS) is 12.0. The van der Waals surface area contributed by atoms with Gasteiger partial charge in [-0.15, -0.1) is 0 Å². The number of ketones is 1. The molecule has 0 amide bonds. The Balaban J connectivity index is 1.61. The number of pyridine rings is 1. The number of hydrogen-bond acceptors (Lipinski definition) is 6. The molecule has 0 saturated heterocycles. The summed E-state index contributed by atoms with van der Waals surface area (Å²) in [5, 5.41) is 27.0. The maximum atomic E-state index is 13.6. The van der Waals surface area contributed by atoms with E-state index >= 15 is 0 Å². The van der Waals surface area contributed by atoms with Gasteiger partial charge in [0.2, 0.25) is 0 Å². The van der Waals surface area contributed by atoms with Crippen molar-refractivity contribution in [3.05, 3.63) is 106 Å². The summed E-state index contributed by atoms with van der Waals surface area (Å²) >= 11 is 0. The van der Waals surface area contributed by atoms with Crippen LogP contribution in [0.25, 0.3) is 21.7 Å². The third-order valence-corrected chi connectivity index (χ3v) is 6.52. The Labute approximate surface area is 207 Å². The van der Waals surface area contributed by atoms with E-state index in [-0.39, 0.29) is 23.5 Å². The second kappa shape index (κ2) is 9.11. The van der Waals surface area contributed by atoms with Crippen LogP contribution in [-0.2, 0) is 7.05 Å². The molecule has 1 aromatic heterocycles. The second-order valence-corrected chi connectivity index (χ2v) is 8.74. The highest BCUT2D eigenvalue weighted by Crippen LogP contribution is 2.36. The number of benzene rings is 4. The number of para-hydroxylation sites is 2. The van der Waals surface area contributed by atoms with Crippen molar-refractivity contribution >= 4 is 38.8 Å². The summed E-state index contributed by atoms with van der Waals surface area (Å²) in [7, 11) is 1.57. The summed E-state index contributed by atoms with van der Waals surface area (Å²) in [6.45, 7) is 0. The molecular weight excluding hydrogens is 454 g/mol. The summed E-state index contributed by atoms with van der Waals surface area (Å²) in [6, 6.07) is 24.1. The molecule has 180 valence electrons. The van der Waals surface area contributed by atoms with E-state index in [4.69, 9.17) is 5.73 Å². The molecule has 0 aliphatic rings. The third-order valence-electron chi connectivity index (χ3n) is 6.52. The highest BCUT2D eigenvalue weighted by atomic mass is 16.3. The minimum absolute atomic E-state index is 0.00615. The van der Waals surface area contributed by atoms with Crippen molar-refractivity contribution in [3.63, 3.8) is 0 Å². The predicted octanol–water partition coefficient (Wildman–Crippen LogP) is 5.11. The molecule has 0 fully saturated rings. The van der Waals surface area contributed by atoms with Crippen LogP contribution in [0.4, 0.5) is 11.4 Å². The maximum absolute atomic E-state index is 13.6. The molecule has 1 heterocycles. The fourth-order valence-electron chi connectivity index (χ4n) is 4.72. The number of aromatic nitrogens is 1. The molecule has 0 aliphatic heterocycles. The first-order valence-electron chi connectivity index (χ1n) is 11.5. The number of carbonyl (C=O) groups is 1. The molecule has 5 N–H and O–H groups in total. The number of nitrogen functional groups attached to an aromatic ring is 1. The van der Waals surface area contributed by atoms with E-state index in [1.165, 1.54) is 4.57 Å². The van der Waals surface area contributed by atoms with Crippen LogP contribution >= 0.6 is 0 Å². The second-order valence-electron chi connectivity index (χ2n) is 8.74. The highest BCUT2D eigenvalue weighted by molar-refractivity contribution is 6.05. The standard InChI is InChI=1S/C29H25N3O4/c1-32-23-14-4-2-11-19(23)28(35)27(29(32)36)25(34)16-22(18-10-3-5-15-24(18)33)31-21-13-7-9-17-8-6-12-20(30)26(17)21/h2-15,22,31,33,35H,16,30H2,1H3/t22-/m1/s1. The molecule has 1 atom stereocenters. The van der Waals surface area contributed by atoms with Crippen molar-refractivity contribution in [2.75, 3.05) is 11.1 Å². The van der Waals surface area contributed by atoms with E-state index in [1.54, 1.807) is 61.6 Å². The van der Waals surface area contributed by atoms with E-state index in [0.29, 0.717) is 27.8 Å². The number of anilines is 2. The lowest BCUT2D eigenvalue weighted by Gasteiger charge is -2.23. The van der Waals surface area contributed by atoms with Gasteiger partial charge in [-0.05, 0) is 35.7 Å². The molecule has 0 unspecified atom stereocenters. The Bertz CT molecular complexity index is 1690. The van der Waals surface area contributed by atoms with Crippen LogP contribution in [-0.4, -0.2) is 20.6 Å². The van der Waals surface area contributed by atoms with Gasteiger partial charge in [0.1, 0.15) is 17.1 Å². The van der Waals surface area contributed by atoms with E-state index in [0.717, 1.165) is 10.8 Å². The molecule has 0 saturated carbocycles. The third kappa shape index (κ3) is 3.90. The van der Waals surface area contributed by atoms with Gasteiger partial charge in [0.05, 0.1) is 11.6 Å². The van der Waals surface area contributed by atoms with Gasteiger partial charge in [-0.25, -0.2) is 0 Å². The van der Waals surface area contributed by atoms with Crippen molar-refractivity contribution in [2.24, 2.45) is 7.05 Å². The smallest absolute Gasteiger partial charge is 0.265 e. The topological polar surface area (TPSA) is 118 Å². The Morgan fingerprint density at radius 3 is 2.42 bits per heavy atom. The minimum atomic E-state index is -0.709. The minimum Gasteiger partial charge on any atom is -0.508 e. The molecule has 0 bridgehead atoms. The number of rotatable bonds is 6. The van der Waals surface area contributed by atoms with Gasteiger partial charge in [0, 0.05) is 41.2 Å². The lowest BCUT2D eigenvalue weighted by molar-refractivity contribution is 0.0972. The summed E-state index contributed by atoms with van der Waals surface area (Å²) in [4.78, 5) is 26.7. The zero-order chi connectivity index (χ0) is 25.4. The number of aryl methyl sites for hydroxylation is 1. The van der Waals surface area contributed by atoms with Crippen LogP contribution < -0.4 is 16.6 Å². The molecule has 7 nitrogen and oxygen atoms in total. The number of carbonyl (C=O) groups excluding carboxylic acids is 1. The van der Waals surface area contributed by atoms with Crippen LogP contribution in [0.5, 0.6) is 11.5 Å². The molecule has 0 spiro atoms. The molecule has 36 heavy (non-hydrogen) atoms. The first-order valence-corrected chi connectivity index (χ1v) is 11.5. The Kier molecular flexibility index (Phi) is 5.82. The molecule has 0 aliphatic carbocycles. The number of nitrogens with two attached hydrogens (primary N) is 1. The van der Waals surface area contributed by atoms with Crippen molar-refractivity contribution in [1.29, 1.82) is 0 Å². The monoisotopic (exact) mass is 479 g/mol. The zero-order valence-corrected chi connectivity index (χ0v) is 19.6. The summed E-state index contributed by atoms with van der Waals surface area (Å²) in [5.41, 5.74) is 7.66. The SMILES string of the molecule is Cn1c(=O)c(C(=O)C[C@@H](Nc2cccc3cccc(N)c23)c2ccccc2O)c(O)c2ccccc21. The number of phenols is 1. The number of nitrogens with one attached hydrogen (secondary N) is 1. The molecule has 5 aromatic rings. The van der Waals surface area contributed by atoms with Crippen LogP contribution in [0, 0.1) is 0 Å². The molecule has 5 rings (SSSR count). The first-order chi connectivity index (χ1) is 17.4. The van der Waals surface area contributed by atoms with E-state index in [2.05, 4.69) is 5.32 Å². The number of hydrogen-bond donors (Lipinski definition) is 4. The van der Waals surface area contributed by atoms with E-state index in [1.807, 2.05) is 30.3 Å². The number of fused-ring (bicyclic) bond motifs is 2. The summed E-state index contributed by atoms with van der Waals surface area (Å²) in [6.07, 6.45) is -0.193. The lowest BCUT2D eigenvalue weighted by atomic mass is 9.95. The van der Waals surface area contributed by atoms with Gasteiger partial charge in [0.15, 0.2) is 5.78 Å². The molecule has 0 radical (unpaired) electrons. The van der Waals surface area contributed by atoms with E-state index in [9.17, 15) is 19.8 Å².